The Hall–Kier alpha value is -2.44. The number of nitrogens with zero attached hydrogens (tertiary/aromatic N) is 3. The van der Waals surface area contributed by atoms with E-state index in [4.69, 9.17) is 4.98 Å². The highest BCUT2D eigenvalue weighted by Crippen LogP contribution is 2.29. The standard InChI is InChI=1S/C22H26N4OS/c1-2-25-12-6-10-18(25)14-23-21(27)15-26-13-7-11-20(26)22-24-19(16-28-22)17-8-4-3-5-9-17/h3-5,7-9,11,13,16,18H,2,6,10,12,14-15H2,1H3,(H,23,27). The van der Waals surface area contributed by atoms with E-state index in [-0.39, 0.29) is 5.91 Å². The van der Waals surface area contributed by atoms with Gasteiger partial charge in [-0.2, -0.15) is 0 Å². The van der Waals surface area contributed by atoms with Crippen molar-refractivity contribution in [2.24, 2.45) is 0 Å². The van der Waals surface area contributed by atoms with Gasteiger partial charge in [0, 0.05) is 29.7 Å². The Morgan fingerprint density at radius 2 is 2.11 bits per heavy atom. The lowest BCUT2D eigenvalue weighted by molar-refractivity contribution is -0.121. The molecule has 0 saturated carbocycles. The lowest BCUT2D eigenvalue weighted by Crippen LogP contribution is -2.41. The van der Waals surface area contributed by atoms with E-state index in [1.165, 1.54) is 12.8 Å². The zero-order valence-electron chi connectivity index (χ0n) is 16.2. The summed E-state index contributed by atoms with van der Waals surface area (Å²) < 4.78 is 1.98. The quantitative estimate of drug-likeness (QED) is 0.662. The molecule has 1 unspecified atom stereocenters. The number of rotatable bonds is 7. The van der Waals surface area contributed by atoms with Crippen molar-refractivity contribution in [1.29, 1.82) is 0 Å². The summed E-state index contributed by atoms with van der Waals surface area (Å²) in [5, 5.41) is 6.12. The molecule has 6 heteroatoms. The second-order valence-corrected chi connectivity index (χ2v) is 8.01. The summed E-state index contributed by atoms with van der Waals surface area (Å²) in [6.07, 6.45) is 4.35. The number of thiazole rings is 1. The first kappa shape index (κ1) is 18.9. The molecule has 1 fully saturated rings. The van der Waals surface area contributed by atoms with Gasteiger partial charge in [-0.1, -0.05) is 37.3 Å². The number of likely N-dealkylation sites (tertiary alicyclic amines) is 1. The predicted molar refractivity (Wildman–Crippen MR) is 114 cm³/mol. The molecule has 3 heterocycles. The van der Waals surface area contributed by atoms with Gasteiger partial charge in [-0.25, -0.2) is 4.98 Å². The summed E-state index contributed by atoms with van der Waals surface area (Å²) in [7, 11) is 0. The molecule has 0 spiro atoms. The van der Waals surface area contributed by atoms with Gasteiger partial charge in [-0.15, -0.1) is 11.3 Å². The molecule has 1 aliphatic heterocycles. The van der Waals surface area contributed by atoms with Gasteiger partial charge in [0.1, 0.15) is 11.6 Å². The Bertz CT molecular complexity index is 918. The Labute approximate surface area is 170 Å². The van der Waals surface area contributed by atoms with E-state index in [1.54, 1.807) is 11.3 Å². The van der Waals surface area contributed by atoms with Crippen molar-refractivity contribution >= 4 is 17.2 Å². The molecule has 1 atom stereocenters. The van der Waals surface area contributed by atoms with E-state index in [9.17, 15) is 4.79 Å². The van der Waals surface area contributed by atoms with Crippen molar-refractivity contribution in [3.8, 4) is 22.0 Å². The van der Waals surface area contributed by atoms with Crippen LogP contribution in [0.2, 0.25) is 0 Å². The van der Waals surface area contributed by atoms with Gasteiger partial charge in [-0.05, 0) is 38.1 Å². The van der Waals surface area contributed by atoms with Crippen molar-refractivity contribution in [3.63, 3.8) is 0 Å². The Kier molecular flexibility index (Phi) is 5.88. The predicted octanol–water partition coefficient (Wildman–Crippen LogP) is 3.88. The average molecular weight is 395 g/mol. The fourth-order valence-corrected chi connectivity index (χ4v) is 4.73. The van der Waals surface area contributed by atoms with Gasteiger partial charge in [0.2, 0.25) is 5.91 Å². The highest BCUT2D eigenvalue weighted by atomic mass is 32.1. The highest BCUT2D eigenvalue weighted by molar-refractivity contribution is 7.13. The minimum Gasteiger partial charge on any atom is -0.353 e. The maximum Gasteiger partial charge on any atom is 0.239 e. The molecule has 0 bridgehead atoms. The van der Waals surface area contributed by atoms with Gasteiger partial charge in [0.05, 0.1) is 11.4 Å². The van der Waals surface area contributed by atoms with Crippen LogP contribution in [0.3, 0.4) is 0 Å². The topological polar surface area (TPSA) is 50.2 Å². The first-order valence-corrected chi connectivity index (χ1v) is 10.8. The summed E-state index contributed by atoms with van der Waals surface area (Å²) >= 11 is 1.61. The number of amides is 1. The first-order chi connectivity index (χ1) is 13.7. The summed E-state index contributed by atoms with van der Waals surface area (Å²) in [6.45, 7) is 5.44. The molecule has 3 aromatic rings. The zero-order valence-corrected chi connectivity index (χ0v) is 17.0. The van der Waals surface area contributed by atoms with Crippen LogP contribution in [0.25, 0.3) is 22.0 Å². The van der Waals surface area contributed by atoms with Crippen LogP contribution in [0, 0.1) is 0 Å². The molecule has 1 saturated heterocycles. The van der Waals surface area contributed by atoms with Crippen LogP contribution < -0.4 is 5.32 Å². The Morgan fingerprint density at radius 3 is 2.93 bits per heavy atom. The third-order valence-electron chi connectivity index (χ3n) is 5.38. The van der Waals surface area contributed by atoms with E-state index in [0.29, 0.717) is 12.6 Å². The fraction of sp³-hybridized carbons (Fsp3) is 0.364. The smallest absolute Gasteiger partial charge is 0.239 e. The van der Waals surface area contributed by atoms with Crippen molar-refractivity contribution < 1.29 is 4.79 Å². The van der Waals surface area contributed by atoms with Crippen LogP contribution in [-0.4, -0.2) is 46.0 Å². The molecular formula is C22H26N4OS. The molecule has 5 nitrogen and oxygen atoms in total. The Morgan fingerprint density at radius 1 is 1.25 bits per heavy atom. The number of nitrogens with one attached hydrogen (secondary N) is 1. The van der Waals surface area contributed by atoms with Gasteiger partial charge in [0.15, 0.2) is 0 Å². The lowest BCUT2D eigenvalue weighted by Gasteiger charge is -2.23. The number of benzene rings is 1. The summed E-state index contributed by atoms with van der Waals surface area (Å²) in [4.78, 5) is 19.7. The molecule has 4 rings (SSSR count). The van der Waals surface area contributed by atoms with Crippen molar-refractivity contribution in [3.05, 3.63) is 54.0 Å². The number of aromatic nitrogens is 2. The molecule has 1 aromatic carbocycles. The molecule has 1 amide bonds. The number of hydrogen-bond acceptors (Lipinski definition) is 4. The van der Waals surface area contributed by atoms with Crippen LogP contribution in [0.4, 0.5) is 0 Å². The average Bonchev–Trinajstić information content (AvgIpc) is 3.47. The molecule has 28 heavy (non-hydrogen) atoms. The monoisotopic (exact) mass is 394 g/mol. The number of carbonyl (C=O) groups is 1. The van der Waals surface area contributed by atoms with Gasteiger partial charge in [-0.3, -0.25) is 9.69 Å². The molecule has 0 aliphatic carbocycles. The highest BCUT2D eigenvalue weighted by Gasteiger charge is 2.23. The second kappa shape index (κ2) is 8.71. The van der Waals surface area contributed by atoms with E-state index in [0.717, 1.165) is 41.6 Å². The summed E-state index contributed by atoms with van der Waals surface area (Å²) in [5.74, 6) is 0.0558. The van der Waals surface area contributed by atoms with Crippen molar-refractivity contribution in [1.82, 2.24) is 19.8 Å². The van der Waals surface area contributed by atoms with Gasteiger partial charge < -0.3 is 9.88 Å². The third-order valence-corrected chi connectivity index (χ3v) is 6.24. The number of likely N-dealkylation sites (N-methyl/N-ethyl adjacent to an activating group) is 1. The normalized spacial score (nSPS) is 17.1. The van der Waals surface area contributed by atoms with E-state index >= 15 is 0 Å². The van der Waals surface area contributed by atoms with E-state index in [2.05, 4.69) is 34.7 Å². The van der Waals surface area contributed by atoms with Crippen molar-refractivity contribution in [2.45, 2.75) is 32.4 Å². The number of carbonyl (C=O) groups excluding carboxylic acids is 1. The fourth-order valence-electron chi connectivity index (χ4n) is 3.86. The van der Waals surface area contributed by atoms with Crippen LogP contribution in [0.15, 0.2) is 54.0 Å². The van der Waals surface area contributed by atoms with Crippen molar-refractivity contribution in [2.75, 3.05) is 19.6 Å². The minimum atomic E-state index is 0.0558. The van der Waals surface area contributed by atoms with E-state index in [1.807, 2.05) is 41.1 Å². The molecule has 2 aromatic heterocycles. The maximum absolute atomic E-state index is 12.5. The molecule has 146 valence electrons. The zero-order chi connectivity index (χ0) is 19.3. The molecule has 1 N–H and O–H groups in total. The largest absolute Gasteiger partial charge is 0.353 e. The SMILES string of the molecule is CCN1CCCC1CNC(=O)Cn1cccc1-c1nc(-c2ccccc2)cs1. The number of hydrogen-bond donors (Lipinski definition) is 1. The lowest BCUT2D eigenvalue weighted by atomic mass is 10.2. The first-order valence-electron chi connectivity index (χ1n) is 9.92. The van der Waals surface area contributed by atoms with Crippen LogP contribution in [0.1, 0.15) is 19.8 Å². The van der Waals surface area contributed by atoms with Crippen LogP contribution in [-0.2, 0) is 11.3 Å². The summed E-state index contributed by atoms with van der Waals surface area (Å²) in [6, 6.07) is 14.6. The molecule has 1 aliphatic rings. The second-order valence-electron chi connectivity index (χ2n) is 7.15. The maximum atomic E-state index is 12.5. The van der Waals surface area contributed by atoms with Crippen LogP contribution >= 0.6 is 11.3 Å². The molecule has 0 radical (unpaired) electrons. The third kappa shape index (κ3) is 4.18. The van der Waals surface area contributed by atoms with Crippen LogP contribution in [0.5, 0.6) is 0 Å². The summed E-state index contributed by atoms with van der Waals surface area (Å²) in [5.41, 5.74) is 3.06. The van der Waals surface area contributed by atoms with Gasteiger partial charge in [0.25, 0.3) is 0 Å². The molecular weight excluding hydrogens is 368 g/mol. The van der Waals surface area contributed by atoms with E-state index < -0.39 is 0 Å². The minimum absolute atomic E-state index is 0.0558. The van der Waals surface area contributed by atoms with Gasteiger partial charge >= 0.3 is 0 Å². The Balaban J connectivity index is 1.40.